The number of hydrogen-bond donors (Lipinski definition) is 0. The molecular weight excluding hydrogens is 366 g/mol. The molecule has 2 fully saturated rings. The number of piperidine rings is 1. The van der Waals surface area contributed by atoms with Gasteiger partial charge in [-0.15, -0.1) is 0 Å². The van der Waals surface area contributed by atoms with Crippen LogP contribution in [0.25, 0.3) is 0 Å². The van der Waals surface area contributed by atoms with Crippen LogP contribution in [-0.4, -0.2) is 53.3 Å². The summed E-state index contributed by atoms with van der Waals surface area (Å²) in [6.45, 7) is 4.86. The van der Waals surface area contributed by atoms with E-state index in [1.54, 1.807) is 13.8 Å². The number of nitro groups is 1. The summed E-state index contributed by atoms with van der Waals surface area (Å²) in [5.74, 6) is -1.14. The molecule has 2 amide bonds. The summed E-state index contributed by atoms with van der Waals surface area (Å²) >= 11 is 0. The zero-order valence-corrected chi connectivity index (χ0v) is 15.9. The van der Waals surface area contributed by atoms with Crippen LogP contribution in [0.3, 0.4) is 0 Å². The van der Waals surface area contributed by atoms with E-state index < -0.39 is 11.0 Å². The van der Waals surface area contributed by atoms with Gasteiger partial charge in [-0.05, 0) is 45.3 Å². The van der Waals surface area contributed by atoms with Gasteiger partial charge in [0.15, 0.2) is 0 Å². The predicted molar refractivity (Wildman–Crippen MR) is 99.7 cm³/mol. The van der Waals surface area contributed by atoms with E-state index in [4.69, 9.17) is 4.74 Å². The molecule has 150 valence electrons. The van der Waals surface area contributed by atoms with Gasteiger partial charge >= 0.3 is 5.97 Å². The Bertz CT molecular complexity index is 816. The summed E-state index contributed by atoms with van der Waals surface area (Å²) in [6, 6.07) is 3.54. The van der Waals surface area contributed by atoms with Crippen molar-refractivity contribution in [3.05, 3.63) is 33.9 Å². The first-order valence-electron chi connectivity index (χ1n) is 9.36. The van der Waals surface area contributed by atoms with Gasteiger partial charge in [-0.25, -0.2) is 4.90 Å². The van der Waals surface area contributed by atoms with Gasteiger partial charge < -0.3 is 4.74 Å². The Hall–Kier alpha value is -2.81. The van der Waals surface area contributed by atoms with Crippen molar-refractivity contribution in [3.8, 4) is 0 Å². The molecule has 2 aliphatic heterocycles. The number of hydrogen-bond acceptors (Lipinski definition) is 7. The van der Waals surface area contributed by atoms with E-state index in [1.807, 2.05) is 4.90 Å². The Morgan fingerprint density at radius 1 is 1.29 bits per heavy atom. The molecule has 1 atom stereocenters. The lowest BCUT2D eigenvalue weighted by Gasteiger charge is -2.33. The van der Waals surface area contributed by atoms with Crippen LogP contribution < -0.4 is 4.90 Å². The Balaban J connectivity index is 1.74. The highest BCUT2D eigenvalue weighted by Gasteiger charge is 2.44. The third-order valence-electron chi connectivity index (χ3n) is 5.36. The molecule has 0 spiro atoms. The molecule has 1 aromatic carbocycles. The maximum Gasteiger partial charge on any atom is 0.309 e. The number of esters is 1. The fourth-order valence-corrected chi connectivity index (χ4v) is 3.81. The molecule has 9 heteroatoms. The van der Waals surface area contributed by atoms with E-state index in [0.29, 0.717) is 38.1 Å². The molecule has 0 bridgehead atoms. The van der Waals surface area contributed by atoms with Gasteiger partial charge in [0.2, 0.25) is 5.91 Å². The molecule has 0 saturated carbocycles. The minimum Gasteiger partial charge on any atom is -0.466 e. The van der Waals surface area contributed by atoms with Crippen molar-refractivity contribution in [2.45, 2.75) is 39.2 Å². The van der Waals surface area contributed by atoms with Gasteiger partial charge in [0.25, 0.3) is 11.6 Å². The Labute approximate surface area is 162 Å². The monoisotopic (exact) mass is 389 g/mol. The van der Waals surface area contributed by atoms with Crippen molar-refractivity contribution in [2.75, 3.05) is 24.6 Å². The van der Waals surface area contributed by atoms with Crippen LogP contribution in [0.5, 0.6) is 0 Å². The molecule has 1 unspecified atom stereocenters. The normalized spacial score (nSPS) is 21.2. The summed E-state index contributed by atoms with van der Waals surface area (Å²) < 4.78 is 5.06. The highest BCUT2D eigenvalue weighted by atomic mass is 16.6. The molecule has 2 saturated heterocycles. The van der Waals surface area contributed by atoms with Gasteiger partial charge in [-0.3, -0.25) is 29.4 Å². The van der Waals surface area contributed by atoms with Gasteiger partial charge in [0.1, 0.15) is 0 Å². The summed E-state index contributed by atoms with van der Waals surface area (Å²) in [4.78, 5) is 50.9. The standard InChI is InChI=1S/C19H23N3O6/c1-3-28-19(25)13-6-8-20(9-7-13)16-11-17(23)21(18(16)24)15-10-14(22(26)27)5-4-12(15)2/h4-5,10,13,16H,3,6-9,11H2,1-2H3. The first-order chi connectivity index (χ1) is 13.3. The number of nitro benzene ring substituents is 1. The average molecular weight is 389 g/mol. The lowest BCUT2D eigenvalue weighted by molar-refractivity contribution is -0.384. The summed E-state index contributed by atoms with van der Waals surface area (Å²) in [7, 11) is 0. The number of imide groups is 1. The zero-order chi connectivity index (χ0) is 20.4. The number of anilines is 1. The quantitative estimate of drug-likeness (QED) is 0.327. The van der Waals surface area contributed by atoms with E-state index in [-0.39, 0.29) is 41.5 Å². The first kappa shape index (κ1) is 19.9. The molecule has 1 aromatic rings. The minimum absolute atomic E-state index is 0.0328. The van der Waals surface area contributed by atoms with Crippen molar-refractivity contribution in [3.63, 3.8) is 0 Å². The van der Waals surface area contributed by atoms with Crippen LogP contribution in [0.4, 0.5) is 11.4 Å². The van der Waals surface area contributed by atoms with Gasteiger partial charge in [-0.1, -0.05) is 6.07 Å². The molecule has 3 rings (SSSR count). The summed E-state index contributed by atoms with van der Waals surface area (Å²) in [5.41, 5.74) is 0.710. The molecule has 0 aromatic heterocycles. The van der Waals surface area contributed by atoms with E-state index >= 15 is 0 Å². The topological polar surface area (TPSA) is 110 Å². The second-order valence-corrected chi connectivity index (χ2v) is 7.08. The highest BCUT2D eigenvalue weighted by molar-refractivity contribution is 6.22. The van der Waals surface area contributed by atoms with Crippen molar-refractivity contribution in [1.82, 2.24) is 4.90 Å². The van der Waals surface area contributed by atoms with Crippen molar-refractivity contribution in [1.29, 1.82) is 0 Å². The van der Waals surface area contributed by atoms with Crippen molar-refractivity contribution in [2.24, 2.45) is 5.92 Å². The van der Waals surface area contributed by atoms with Crippen LogP contribution in [0.2, 0.25) is 0 Å². The lowest BCUT2D eigenvalue weighted by Crippen LogP contribution is -2.47. The maximum absolute atomic E-state index is 13.0. The second-order valence-electron chi connectivity index (χ2n) is 7.08. The molecule has 9 nitrogen and oxygen atoms in total. The minimum atomic E-state index is -0.602. The maximum atomic E-state index is 13.0. The molecular formula is C19H23N3O6. The largest absolute Gasteiger partial charge is 0.466 e. The van der Waals surface area contributed by atoms with E-state index in [1.165, 1.54) is 18.2 Å². The molecule has 0 radical (unpaired) electrons. The average Bonchev–Trinajstić information content (AvgIpc) is 2.96. The highest BCUT2D eigenvalue weighted by Crippen LogP contribution is 2.32. The number of aryl methyl sites for hydroxylation is 1. The van der Waals surface area contributed by atoms with E-state index in [0.717, 1.165) is 4.90 Å². The second kappa shape index (κ2) is 8.05. The van der Waals surface area contributed by atoms with Crippen LogP contribution in [0.15, 0.2) is 18.2 Å². The Morgan fingerprint density at radius 2 is 1.96 bits per heavy atom. The number of ether oxygens (including phenoxy) is 1. The number of carbonyl (C=O) groups excluding carboxylic acids is 3. The number of carbonyl (C=O) groups is 3. The third-order valence-corrected chi connectivity index (χ3v) is 5.36. The van der Waals surface area contributed by atoms with Crippen molar-refractivity contribution < 1.29 is 24.0 Å². The fourth-order valence-electron chi connectivity index (χ4n) is 3.81. The van der Waals surface area contributed by atoms with Gasteiger partial charge in [0.05, 0.1) is 35.6 Å². The number of rotatable bonds is 5. The molecule has 2 heterocycles. The number of benzene rings is 1. The fraction of sp³-hybridized carbons (Fsp3) is 0.526. The van der Waals surface area contributed by atoms with E-state index in [2.05, 4.69) is 0 Å². The molecule has 28 heavy (non-hydrogen) atoms. The van der Waals surface area contributed by atoms with Crippen LogP contribution in [0, 0.1) is 23.0 Å². The van der Waals surface area contributed by atoms with Gasteiger partial charge in [-0.2, -0.15) is 0 Å². The molecule has 0 N–H and O–H groups in total. The number of non-ortho nitro benzene ring substituents is 1. The SMILES string of the molecule is CCOC(=O)C1CCN(C2CC(=O)N(c3cc([N+](=O)[O-])ccc3C)C2=O)CC1. The summed E-state index contributed by atoms with van der Waals surface area (Å²) in [5, 5.41) is 11.1. The number of nitrogens with zero attached hydrogens (tertiary/aromatic N) is 3. The third kappa shape index (κ3) is 3.75. The van der Waals surface area contributed by atoms with E-state index in [9.17, 15) is 24.5 Å². The Kier molecular flexibility index (Phi) is 5.73. The Morgan fingerprint density at radius 3 is 2.57 bits per heavy atom. The van der Waals surface area contributed by atoms with Crippen molar-refractivity contribution >= 4 is 29.2 Å². The van der Waals surface area contributed by atoms with Crippen LogP contribution >= 0.6 is 0 Å². The number of amides is 2. The molecule has 0 aliphatic carbocycles. The van der Waals surface area contributed by atoms with Crippen LogP contribution in [0.1, 0.15) is 31.7 Å². The lowest BCUT2D eigenvalue weighted by atomic mass is 9.95. The predicted octanol–water partition coefficient (Wildman–Crippen LogP) is 1.81. The van der Waals surface area contributed by atoms with Gasteiger partial charge in [0, 0.05) is 12.1 Å². The molecule has 2 aliphatic rings. The zero-order valence-electron chi connectivity index (χ0n) is 15.9. The first-order valence-corrected chi connectivity index (χ1v) is 9.36. The smallest absolute Gasteiger partial charge is 0.309 e. The summed E-state index contributed by atoms with van der Waals surface area (Å²) in [6.07, 6.45) is 1.18. The number of likely N-dealkylation sites (tertiary alicyclic amines) is 1. The van der Waals surface area contributed by atoms with Crippen LogP contribution in [-0.2, 0) is 19.1 Å².